The number of hydrogen-bond acceptors (Lipinski definition) is 0. The van der Waals surface area contributed by atoms with Crippen LogP contribution in [0.2, 0.25) is 0 Å². The molecule has 0 aliphatic carbocycles. The van der Waals surface area contributed by atoms with Gasteiger partial charge in [-0.15, -0.1) is 0 Å². The van der Waals surface area contributed by atoms with Crippen molar-refractivity contribution >= 4 is 0 Å². The highest BCUT2D eigenvalue weighted by atomic mass is 13.9. The van der Waals surface area contributed by atoms with Crippen molar-refractivity contribution in [1.82, 2.24) is 0 Å². The molecule has 0 atom stereocenters. The molecule has 0 amide bonds. The summed E-state index contributed by atoms with van der Waals surface area (Å²) in [7, 11) is 0. The van der Waals surface area contributed by atoms with E-state index in [4.69, 9.17) is 0 Å². The zero-order chi connectivity index (χ0) is 12.7. The van der Waals surface area contributed by atoms with Gasteiger partial charge in [0.25, 0.3) is 0 Å². The predicted molar refractivity (Wildman–Crippen MR) is 75.5 cm³/mol. The maximum absolute atomic E-state index is 2.27. The van der Waals surface area contributed by atoms with Crippen LogP contribution in [0.3, 0.4) is 0 Å². The molecule has 0 aromatic carbocycles. The van der Waals surface area contributed by atoms with E-state index in [0.29, 0.717) is 0 Å². The highest BCUT2D eigenvalue weighted by Crippen LogP contribution is 2.04. The molecule has 0 rings (SSSR count). The maximum atomic E-state index is 2.27. The SMILES string of the molecule is CCC.CCC(C)C.CCCCC(C)C. The van der Waals surface area contributed by atoms with Crippen LogP contribution < -0.4 is 0 Å². The van der Waals surface area contributed by atoms with Crippen LogP contribution in [-0.4, -0.2) is 0 Å². The van der Waals surface area contributed by atoms with Crippen molar-refractivity contribution in [2.24, 2.45) is 11.8 Å². The van der Waals surface area contributed by atoms with Gasteiger partial charge in [0.1, 0.15) is 0 Å². The first-order valence-corrected chi connectivity index (χ1v) is 6.95. The Bertz CT molecular complexity index is 72.1. The van der Waals surface area contributed by atoms with Gasteiger partial charge in [-0.05, 0) is 11.8 Å². The summed E-state index contributed by atoms with van der Waals surface area (Å²) in [4.78, 5) is 0. The van der Waals surface area contributed by atoms with Gasteiger partial charge in [-0.1, -0.05) is 87.5 Å². The average molecular weight is 216 g/mol. The fourth-order valence-electron chi connectivity index (χ4n) is 0.612. The molecule has 0 fully saturated rings. The van der Waals surface area contributed by atoms with Gasteiger partial charge in [0.2, 0.25) is 0 Å². The zero-order valence-corrected chi connectivity index (χ0v) is 12.7. The van der Waals surface area contributed by atoms with Crippen molar-refractivity contribution < 1.29 is 0 Å². The van der Waals surface area contributed by atoms with Gasteiger partial charge in [0.15, 0.2) is 0 Å². The van der Waals surface area contributed by atoms with Gasteiger partial charge >= 0.3 is 0 Å². The summed E-state index contributed by atoms with van der Waals surface area (Å²) in [6, 6.07) is 0. The molecular formula is C15H36. The van der Waals surface area contributed by atoms with E-state index in [1.165, 1.54) is 32.1 Å². The van der Waals surface area contributed by atoms with Crippen LogP contribution in [0.1, 0.15) is 87.5 Å². The van der Waals surface area contributed by atoms with Crippen LogP contribution in [0.15, 0.2) is 0 Å². The van der Waals surface area contributed by atoms with E-state index < -0.39 is 0 Å². The summed E-state index contributed by atoms with van der Waals surface area (Å²) in [6.07, 6.45) is 6.70. The highest BCUT2D eigenvalue weighted by Gasteiger charge is 1.88. The Morgan fingerprint density at radius 1 is 0.733 bits per heavy atom. The lowest BCUT2D eigenvalue weighted by atomic mass is 10.1. The van der Waals surface area contributed by atoms with E-state index in [1.807, 2.05) is 0 Å². The van der Waals surface area contributed by atoms with E-state index in [0.717, 1.165) is 11.8 Å². The summed E-state index contributed by atoms with van der Waals surface area (Å²) in [6.45, 7) is 17.7. The molecule has 0 aliphatic rings. The lowest BCUT2D eigenvalue weighted by Gasteiger charge is -1.98. The van der Waals surface area contributed by atoms with Gasteiger partial charge in [0, 0.05) is 0 Å². The van der Waals surface area contributed by atoms with Crippen LogP contribution >= 0.6 is 0 Å². The van der Waals surface area contributed by atoms with E-state index in [1.54, 1.807) is 0 Å². The number of rotatable bonds is 4. The molecule has 0 spiro atoms. The second-order valence-electron chi connectivity index (χ2n) is 5.05. The van der Waals surface area contributed by atoms with E-state index in [9.17, 15) is 0 Å². The van der Waals surface area contributed by atoms with Crippen molar-refractivity contribution in [2.75, 3.05) is 0 Å². The summed E-state index contributed by atoms with van der Waals surface area (Å²) < 4.78 is 0. The highest BCUT2D eigenvalue weighted by molar-refractivity contribution is 4.42. The first-order valence-electron chi connectivity index (χ1n) is 6.95. The van der Waals surface area contributed by atoms with E-state index >= 15 is 0 Å². The molecule has 0 N–H and O–H groups in total. The fourth-order valence-corrected chi connectivity index (χ4v) is 0.612. The third-order valence-corrected chi connectivity index (χ3v) is 1.95. The normalized spacial score (nSPS) is 9.20. The Morgan fingerprint density at radius 2 is 1.07 bits per heavy atom. The van der Waals surface area contributed by atoms with Crippen molar-refractivity contribution in [3.63, 3.8) is 0 Å². The molecule has 15 heavy (non-hydrogen) atoms. The fraction of sp³-hybridized carbons (Fsp3) is 1.00. The van der Waals surface area contributed by atoms with Crippen LogP contribution in [0.4, 0.5) is 0 Å². The number of hydrogen-bond donors (Lipinski definition) is 0. The van der Waals surface area contributed by atoms with Crippen LogP contribution in [0.25, 0.3) is 0 Å². The van der Waals surface area contributed by atoms with Gasteiger partial charge in [-0.25, -0.2) is 0 Å². The summed E-state index contributed by atoms with van der Waals surface area (Å²) >= 11 is 0. The molecule has 96 valence electrons. The second kappa shape index (κ2) is 19.6. The first-order chi connectivity index (χ1) is 6.95. The monoisotopic (exact) mass is 216 g/mol. The molecule has 0 aromatic rings. The van der Waals surface area contributed by atoms with Gasteiger partial charge < -0.3 is 0 Å². The maximum Gasteiger partial charge on any atom is -0.0471 e. The van der Waals surface area contributed by atoms with Gasteiger partial charge in [-0.2, -0.15) is 0 Å². The predicted octanol–water partition coefficient (Wildman–Crippen LogP) is 6.30. The number of unbranched alkanes of at least 4 members (excludes halogenated alkanes) is 1. The molecule has 0 aromatic heterocycles. The molecule has 0 aliphatic heterocycles. The lowest BCUT2D eigenvalue weighted by Crippen LogP contribution is -1.83. The Kier molecular flexibility index (Phi) is 26.6. The molecule has 0 saturated heterocycles. The third-order valence-electron chi connectivity index (χ3n) is 1.95. The molecule has 0 heteroatoms. The van der Waals surface area contributed by atoms with Gasteiger partial charge in [0.05, 0.1) is 0 Å². The minimum atomic E-state index is 0.884. The van der Waals surface area contributed by atoms with Crippen LogP contribution in [-0.2, 0) is 0 Å². The largest absolute Gasteiger partial charge is 0.0656 e. The Hall–Kier alpha value is 0. The second-order valence-corrected chi connectivity index (χ2v) is 5.05. The topological polar surface area (TPSA) is 0 Å². The summed E-state index contributed by atoms with van der Waals surface area (Å²) in [5.41, 5.74) is 0. The van der Waals surface area contributed by atoms with Crippen molar-refractivity contribution in [3.8, 4) is 0 Å². The van der Waals surface area contributed by atoms with Crippen LogP contribution in [0.5, 0.6) is 0 Å². The van der Waals surface area contributed by atoms with E-state index in [2.05, 4.69) is 55.4 Å². The average Bonchev–Trinajstić information content (AvgIpc) is 2.16. The quantitative estimate of drug-likeness (QED) is 0.517. The van der Waals surface area contributed by atoms with E-state index in [-0.39, 0.29) is 0 Å². The molecule has 0 radical (unpaired) electrons. The third kappa shape index (κ3) is 56.0. The van der Waals surface area contributed by atoms with Crippen molar-refractivity contribution in [3.05, 3.63) is 0 Å². The van der Waals surface area contributed by atoms with Crippen LogP contribution in [0, 0.1) is 11.8 Å². The van der Waals surface area contributed by atoms with Gasteiger partial charge in [-0.3, -0.25) is 0 Å². The standard InChI is InChI=1S/C7H16.C5H12.C3H8/c1-4-5-6-7(2)3;1-4-5(2)3;1-3-2/h7H,4-6H2,1-3H3;5H,4H2,1-3H3;3H2,1-2H3. The smallest absolute Gasteiger partial charge is 0.0471 e. The Balaban J connectivity index is -0.000000158. The molecule has 0 saturated carbocycles. The zero-order valence-electron chi connectivity index (χ0n) is 12.7. The molecular weight excluding hydrogens is 180 g/mol. The molecule has 0 unspecified atom stereocenters. The Labute approximate surface area is 99.9 Å². The minimum absolute atomic E-state index is 0.884. The summed E-state index contributed by atoms with van der Waals surface area (Å²) in [5.74, 6) is 1.79. The van der Waals surface area contributed by atoms with Crippen molar-refractivity contribution in [2.45, 2.75) is 87.5 Å². The molecule has 0 heterocycles. The molecule has 0 nitrogen and oxygen atoms in total. The lowest BCUT2D eigenvalue weighted by molar-refractivity contribution is 0.550. The van der Waals surface area contributed by atoms with Crippen molar-refractivity contribution in [1.29, 1.82) is 0 Å². The minimum Gasteiger partial charge on any atom is -0.0656 e. The Morgan fingerprint density at radius 3 is 1.13 bits per heavy atom. The summed E-state index contributed by atoms with van der Waals surface area (Å²) in [5, 5.41) is 0. The first kappa shape index (κ1) is 20.4. The molecule has 0 bridgehead atoms.